The van der Waals surface area contributed by atoms with Gasteiger partial charge in [-0.25, -0.2) is 0 Å². The van der Waals surface area contributed by atoms with Gasteiger partial charge in [-0.1, -0.05) is 13.3 Å². The molecule has 0 radical (unpaired) electrons. The highest BCUT2D eigenvalue weighted by molar-refractivity contribution is 7.14. The topological polar surface area (TPSA) is 49.4 Å². The van der Waals surface area contributed by atoms with E-state index in [1.807, 2.05) is 6.07 Å². The van der Waals surface area contributed by atoms with E-state index in [1.54, 1.807) is 16.2 Å². The molecule has 0 spiro atoms. The maximum atomic E-state index is 12.4. The molecule has 5 heteroatoms. The third-order valence-corrected chi connectivity index (χ3v) is 4.38. The molecule has 0 aromatic carbocycles. The summed E-state index contributed by atoms with van der Waals surface area (Å²) in [6.07, 6.45) is 2.91. The average Bonchev–Trinajstić information content (AvgIpc) is 2.61. The van der Waals surface area contributed by atoms with Gasteiger partial charge >= 0.3 is 0 Å². The van der Waals surface area contributed by atoms with Crippen LogP contribution in [0.15, 0.2) is 6.07 Å². The largest absolute Gasteiger partial charge is 0.354 e. The molecule has 2 amide bonds. The van der Waals surface area contributed by atoms with Crippen molar-refractivity contribution >= 4 is 23.2 Å². The average molecular weight is 280 g/mol. The number of amides is 2. The first kappa shape index (κ1) is 14.1. The minimum absolute atomic E-state index is 0.00694. The van der Waals surface area contributed by atoms with E-state index in [4.69, 9.17) is 0 Å². The Kier molecular flexibility index (Phi) is 4.58. The van der Waals surface area contributed by atoms with Crippen molar-refractivity contribution in [3.63, 3.8) is 0 Å². The number of aryl methyl sites for hydroxylation is 2. The highest BCUT2D eigenvalue weighted by Crippen LogP contribution is 2.24. The van der Waals surface area contributed by atoms with Crippen LogP contribution in [0.5, 0.6) is 0 Å². The molecule has 0 aliphatic carbocycles. The van der Waals surface area contributed by atoms with E-state index in [0.29, 0.717) is 13.1 Å². The van der Waals surface area contributed by atoms with E-state index < -0.39 is 0 Å². The molecule has 104 valence electrons. The van der Waals surface area contributed by atoms with Gasteiger partial charge in [-0.15, -0.1) is 11.3 Å². The summed E-state index contributed by atoms with van der Waals surface area (Å²) in [5.74, 6) is -0.0691. The molecule has 1 saturated heterocycles. The second-order valence-corrected chi connectivity index (χ2v) is 6.13. The Morgan fingerprint density at radius 2 is 2.32 bits per heavy atom. The van der Waals surface area contributed by atoms with Gasteiger partial charge in [-0.3, -0.25) is 9.59 Å². The minimum atomic E-state index is -0.0621. The number of carbonyl (C=O) groups is 2. The van der Waals surface area contributed by atoms with Crippen LogP contribution in [0.4, 0.5) is 0 Å². The fraction of sp³-hybridized carbons (Fsp3) is 0.571. The summed E-state index contributed by atoms with van der Waals surface area (Å²) in [7, 11) is 0. The number of thiophene rings is 1. The molecule has 1 aromatic heterocycles. The summed E-state index contributed by atoms with van der Waals surface area (Å²) >= 11 is 1.54. The maximum absolute atomic E-state index is 12.4. The molecular weight excluding hydrogens is 260 g/mol. The third-order valence-electron chi connectivity index (χ3n) is 3.30. The third kappa shape index (κ3) is 3.35. The smallest absolute Gasteiger partial charge is 0.264 e. The Labute approximate surface area is 117 Å². The second-order valence-electron chi connectivity index (χ2n) is 4.87. The van der Waals surface area contributed by atoms with Crippen molar-refractivity contribution < 1.29 is 9.59 Å². The van der Waals surface area contributed by atoms with Crippen LogP contribution in [0.1, 0.15) is 39.9 Å². The maximum Gasteiger partial charge on any atom is 0.264 e. The Hall–Kier alpha value is -1.36. The predicted molar refractivity (Wildman–Crippen MR) is 76.6 cm³/mol. The molecule has 1 aromatic rings. The summed E-state index contributed by atoms with van der Waals surface area (Å²) in [6, 6.07) is 1.99. The van der Waals surface area contributed by atoms with Crippen LogP contribution in [0, 0.1) is 6.92 Å². The molecule has 2 rings (SSSR count). The zero-order valence-corrected chi connectivity index (χ0v) is 12.3. The van der Waals surface area contributed by atoms with Gasteiger partial charge in [0.2, 0.25) is 5.91 Å². The van der Waals surface area contributed by atoms with E-state index in [-0.39, 0.29) is 18.4 Å². The van der Waals surface area contributed by atoms with Crippen molar-refractivity contribution in [2.45, 2.75) is 33.1 Å². The van der Waals surface area contributed by atoms with Crippen LogP contribution < -0.4 is 5.32 Å². The molecule has 1 aliphatic heterocycles. The Morgan fingerprint density at radius 1 is 1.53 bits per heavy atom. The van der Waals surface area contributed by atoms with Gasteiger partial charge < -0.3 is 10.2 Å². The van der Waals surface area contributed by atoms with Gasteiger partial charge in [0, 0.05) is 18.0 Å². The van der Waals surface area contributed by atoms with Crippen molar-refractivity contribution in [1.82, 2.24) is 10.2 Å². The molecular formula is C14H20N2O2S. The highest BCUT2D eigenvalue weighted by Gasteiger charge is 2.22. The summed E-state index contributed by atoms with van der Waals surface area (Å²) in [4.78, 5) is 27.6. The van der Waals surface area contributed by atoms with Gasteiger partial charge in [0.1, 0.15) is 0 Å². The predicted octanol–water partition coefficient (Wildman–Crippen LogP) is 1.97. The quantitative estimate of drug-likeness (QED) is 0.920. The van der Waals surface area contributed by atoms with Gasteiger partial charge in [-0.05, 0) is 31.4 Å². The molecule has 1 N–H and O–H groups in total. The van der Waals surface area contributed by atoms with Crippen molar-refractivity contribution in [2.75, 3.05) is 19.6 Å². The van der Waals surface area contributed by atoms with Crippen molar-refractivity contribution in [3.8, 4) is 0 Å². The molecule has 0 bridgehead atoms. The second kappa shape index (κ2) is 6.19. The molecule has 1 fully saturated rings. The van der Waals surface area contributed by atoms with Crippen molar-refractivity contribution in [2.24, 2.45) is 0 Å². The van der Waals surface area contributed by atoms with Gasteiger partial charge in [-0.2, -0.15) is 0 Å². The molecule has 0 atom stereocenters. The fourth-order valence-corrected chi connectivity index (χ4v) is 3.32. The zero-order valence-electron chi connectivity index (χ0n) is 11.5. The lowest BCUT2D eigenvalue weighted by Gasteiger charge is -2.17. The summed E-state index contributed by atoms with van der Waals surface area (Å²) in [5.41, 5.74) is 1.26. The lowest BCUT2D eigenvalue weighted by molar-refractivity contribution is -0.121. The van der Waals surface area contributed by atoms with Gasteiger partial charge in [0.25, 0.3) is 5.91 Å². The van der Waals surface area contributed by atoms with Gasteiger partial charge in [0.15, 0.2) is 0 Å². The Morgan fingerprint density at radius 3 is 3.05 bits per heavy atom. The molecule has 1 aliphatic rings. The minimum Gasteiger partial charge on any atom is -0.354 e. The Balaban J connectivity index is 2.13. The van der Waals surface area contributed by atoms with E-state index in [9.17, 15) is 9.59 Å². The first-order valence-electron chi connectivity index (χ1n) is 6.77. The lowest BCUT2D eigenvalue weighted by atomic mass is 10.1. The zero-order chi connectivity index (χ0) is 13.8. The monoisotopic (exact) mass is 280 g/mol. The molecule has 19 heavy (non-hydrogen) atoms. The number of rotatable bonds is 3. The van der Waals surface area contributed by atoms with Crippen LogP contribution in [0.3, 0.4) is 0 Å². The van der Waals surface area contributed by atoms with Crippen LogP contribution in [-0.2, 0) is 11.2 Å². The summed E-state index contributed by atoms with van der Waals surface area (Å²) in [5, 5.41) is 2.79. The van der Waals surface area contributed by atoms with E-state index in [1.165, 1.54) is 10.4 Å². The number of hydrogen-bond acceptors (Lipinski definition) is 3. The number of carbonyl (C=O) groups excluding carboxylic acids is 2. The van der Waals surface area contributed by atoms with Crippen LogP contribution in [0.2, 0.25) is 0 Å². The van der Waals surface area contributed by atoms with Gasteiger partial charge in [0.05, 0.1) is 11.4 Å². The number of nitrogens with one attached hydrogen (secondary N) is 1. The van der Waals surface area contributed by atoms with Crippen molar-refractivity contribution in [1.29, 1.82) is 0 Å². The Bertz CT molecular complexity index is 482. The highest BCUT2D eigenvalue weighted by atomic mass is 32.1. The summed E-state index contributed by atoms with van der Waals surface area (Å²) in [6.45, 7) is 5.68. The van der Waals surface area contributed by atoms with E-state index >= 15 is 0 Å². The number of hydrogen-bond donors (Lipinski definition) is 1. The lowest BCUT2D eigenvalue weighted by Crippen LogP contribution is -2.37. The first-order valence-corrected chi connectivity index (χ1v) is 7.58. The molecule has 0 unspecified atom stereocenters. The van der Waals surface area contributed by atoms with Crippen LogP contribution in [0.25, 0.3) is 0 Å². The molecule has 0 saturated carbocycles. The molecule has 4 nitrogen and oxygen atoms in total. The first-order chi connectivity index (χ1) is 9.11. The van der Waals surface area contributed by atoms with Crippen LogP contribution >= 0.6 is 11.3 Å². The van der Waals surface area contributed by atoms with Crippen molar-refractivity contribution in [3.05, 3.63) is 21.4 Å². The standard InChI is InChI=1S/C14H20N2O2S/c1-3-5-11-8-12(19-10(11)2)14(18)16-7-4-6-15-13(17)9-16/h8H,3-7,9H2,1-2H3,(H,15,17). The molecule has 2 heterocycles. The number of nitrogens with zero attached hydrogens (tertiary/aromatic N) is 1. The fourth-order valence-electron chi connectivity index (χ4n) is 2.28. The van der Waals surface area contributed by atoms with E-state index in [0.717, 1.165) is 24.1 Å². The summed E-state index contributed by atoms with van der Waals surface area (Å²) < 4.78 is 0. The van der Waals surface area contributed by atoms with E-state index in [2.05, 4.69) is 19.2 Å². The van der Waals surface area contributed by atoms with Crippen LogP contribution in [-0.4, -0.2) is 36.3 Å². The normalized spacial score (nSPS) is 16.1. The SMILES string of the molecule is CCCc1cc(C(=O)N2CCCNC(=O)C2)sc1C.